The Bertz CT molecular complexity index is 1860. The first kappa shape index (κ1) is 21.4. The van der Waals surface area contributed by atoms with Gasteiger partial charge >= 0.3 is 0 Å². The van der Waals surface area contributed by atoms with Crippen LogP contribution in [0.5, 0.6) is 0 Å². The summed E-state index contributed by atoms with van der Waals surface area (Å²) in [4.78, 5) is 5.08. The minimum Gasteiger partial charge on any atom is -0.308 e. The Labute approximate surface area is 232 Å². The van der Waals surface area contributed by atoms with Crippen molar-refractivity contribution in [2.45, 2.75) is 15.2 Å². The summed E-state index contributed by atoms with van der Waals surface area (Å²) in [6.45, 7) is 0. The highest BCUT2D eigenvalue weighted by Gasteiger charge is 2.53. The highest BCUT2D eigenvalue weighted by molar-refractivity contribution is 7.99. The van der Waals surface area contributed by atoms with Crippen molar-refractivity contribution in [3.05, 3.63) is 162 Å². The quantitative estimate of drug-likeness (QED) is 0.215. The molecule has 1 aliphatic heterocycles. The van der Waals surface area contributed by atoms with E-state index >= 15 is 0 Å². The van der Waals surface area contributed by atoms with E-state index < -0.39 is 0 Å². The average molecular weight is 514 g/mol. The van der Waals surface area contributed by atoms with Crippen molar-refractivity contribution in [3.8, 4) is 22.3 Å². The molecule has 1 nitrogen and oxygen atoms in total. The monoisotopic (exact) mass is 513 g/mol. The zero-order valence-electron chi connectivity index (χ0n) is 21.1. The topological polar surface area (TPSA) is 3.24 Å². The molecule has 0 atom stereocenters. The van der Waals surface area contributed by atoms with Gasteiger partial charge in [-0.2, -0.15) is 0 Å². The predicted molar refractivity (Wildman–Crippen MR) is 162 cm³/mol. The van der Waals surface area contributed by atoms with E-state index in [4.69, 9.17) is 0 Å². The molecule has 9 rings (SSSR count). The number of anilines is 3. The van der Waals surface area contributed by atoms with Crippen molar-refractivity contribution in [2.24, 2.45) is 0 Å². The fraction of sp³-hybridized carbons (Fsp3) is 0.0270. The van der Waals surface area contributed by atoms with E-state index in [1.165, 1.54) is 71.4 Å². The largest absolute Gasteiger partial charge is 0.308 e. The molecule has 0 radical (unpaired) electrons. The molecule has 182 valence electrons. The highest BCUT2D eigenvalue weighted by Crippen LogP contribution is 2.66. The minimum atomic E-state index is -0.385. The Balaban J connectivity index is 1.46. The van der Waals surface area contributed by atoms with Crippen LogP contribution in [-0.2, 0) is 5.41 Å². The van der Waals surface area contributed by atoms with Gasteiger partial charge in [0.1, 0.15) is 0 Å². The van der Waals surface area contributed by atoms with Gasteiger partial charge in [-0.15, -0.1) is 0 Å². The molecule has 0 saturated carbocycles. The van der Waals surface area contributed by atoms with Crippen LogP contribution in [0.25, 0.3) is 22.3 Å². The summed E-state index contributed by atoms with van der Waals surface area (Å²) in [6, 6.07) is 51.7. The third-order valence-electron chi connectivity index (χ3n) is 8.66. The third kappa shape index (κ3) is 2.62. The summed E-state index contributed by atoms with van der Waals surface area (Å²) in [5.41, 5.74) is 14.1. The van der Waals surface area contributed by atoms with Crippen molar-refractivity contribution < 1.29 is 0 Å². The second kappa shape index (κ2) is 7.75. The lowest BCUT2D eigenvalue weighted by Gasteiger charge is -2.38. The van der Waals surface area contributed by atoms with Crippen molar-refractivity contribution >= 4 is 28.8 Å². The number of hydrogen-bond acceptors (Lipinski definition) is 2. The fourth-order valence-electron chi connectivity index (χ4n) is 7.28. The molecular formula is C37H23NS. The van der Waals surface area contributed by atoms with Crippen LogP contribution in [0.15, 0.2) is 149 Å². The molecule has 2 heteroatoms. The minimum absolute atomic E-state index is 0.385. The van der Waals surface area contributed by atoms with E-state index in [1.54, 1.807) is 0 Å². The summed E-state index contributed by atoms with van der Waals surface area (Å²) in [5.74, 6) is 0. The maximum Gasteiger partial charge on any atom is 0.0746 e. The Morgan fingerprint density at radius 1 is 0.385 bits per heavy atom. The van der Waals surface area contributed by atoms with Crippen molar-refractivity contribution in [1.82, 2.24) is 0 Å². The SMILES string of the molecule is c1ccc2c(c1)Sc1ccccc1N2c1cccc2c1C1(c3ccccc3-c3ccccc31)c1ccccc1-2. The maximum absolute atomic E-state index is 2.51. The Hall–Kier alpha value is -4.53. The zero-order chi connectivity index (χ0) is 25.6. The second-order valence-electron chi connectivity index (χ2n) is 10.5. The normalized spacial score (nSPS) is 14.7. The number of hydrogen-bond donors (Lipinski definition) is 0. The van der Waals surface area contributed by atoms with Crippen LogP contribution in [0, 0.1) is 0 Å². The second-order valence-corrected chi connectivity index (χ2v) is 11.5. The Morgan fingerprint density at radius 3 is 1.36 bits per heavy atom. The van der Waals surface area contributed by atoms with E-state index in [1.807, 2.05) is 11.8 Å². The van der Waals surface area contributed by atoms with Gasteiger partial charge in [0.2, 0.25) is 0 Å². The molecule has 39 heavy (non-hydrogen) atoms. The molecular weight excluding hydrogens is 490 g/mol. The van der Waals surface area contributed by atoms with Crippen molar-refractivity contribution in [1.29, 1.82) is 0 Å². The van der Waals surface area contributed by atoms with Gasteiger partial charge in [-0.1, -0.05) is 121 Å². The van der Waals surface area contributed by atoms with Gasteiger partial charge in [0.25, 0.3) is 0 Å². The van der Waals surface area contributed by atoms with Gasteiger partial charge in [0, 0.05) is 15.4 Å². The lowest BCUT2D eigenvalue weighted by Crippen LogP contribution is -2.28. The molecule has 0 N–H and O–H groups in total. The van der Waals surface area contributed by atoms with Gasteiger partial charge in [-0.05, 0) is 69.3 Å². The van der Waals surface area contributed by atoms with E-state index in [-0.39, 0.29) is 5.41 Å². The van der Waals surface area contributed by atoms with E-state index in [0.717, 1.165) is 0 Å². The molecule has 0 aromatic heterocycles. The predicted octanol–water partition coefficient (Wildman–Crippen LogP) is 9.96. The molecule has 0 saturated heterocycles. The molecule has 1 spiro atoms. The molecule has 0 fully saturated rings. The highest BCUT2D eigenvalue weighted by atomic mass is 32.2. The molecule has 6 aromatic carbocycles. The number of para-hydroxylation sites is 2. The lowest BCUT2D eigenvalue weighted by molar-refractivity contribution is 0.792. The van der Waals surface area contributed by atoms with Crippen LogP contribution < -0.4 is 4.90 Å². The van der Waals surface area contributed by atoms with Crippen LogP contribution in [0.2, 0.25) is 0 Å². The standard InChI is InChI=1S/C37H23NS/c1-4-16-28-24(12-1)25-13-2-5-17-29(25)37(28)30-18-6-3-14-26(30)27-15-11-21-33(36(27)37)38-31-19-7-9-22-34(31)39-35-23-10-8-20-32(35)38/h1-23H. The first-order valence-corrected chi connectivity index (χ1v) is 14.3. The fourth-order valence-corrected chi connectivity index (χ4v) is 8.34. The van der Waals surface area contributed by atoms with E-state index in [0.29, 0.717) is 0 Å². The van der Waals surface area contributed by atoms with Crippen LogP contribution in [0.4, 0.5) is 17.1 Å². The van der Waals surface area contributed by atoms with Gasteiger partial charge in [0.05, 0.1) is 22.5 Å². The van der Waals surface area contributed by atoms with Gasteiger partial charge < -0.3 is 4.90 Å². The van der Waals surface area contributed by atoms with Crippen LogP contribution in [-0.4, -0.2) is 0 Å². The van der Waals surface area contributed by atoms with Gasteiger partial charge in [0.15, 0.2) is 0 Å². The zero-order valence-corrected chi connectivity index (χ0v) is 22.0. The molecule has 0 bridgehead atoms. The van der Waals surface area contributed by atoms with Crippen LogP contribution in [0.3, 0.4) is 0 Å². The molecule has 0 amide bonds. The maximum atomic E-state index is 2.51. The molecule has 0 unspecified atom stereocenters. The number of benzene rings is 6. The molecule has 1 heterocycles. The lowest BCUT2D eigenvalue weighted by atomic mass is 9.70. The average Bonchev–Trinajstić information content (AvgIpc) is 3.47. The van der Waals surface area contributed by atoms with Crippen LogP contribution in [0.1, 0.15) is 22.3 Å². The molecule has 3 aliphatic rings. The summed E-state index contributed by atoms with van der Waals surface area (Å²) >= 11 is 1.86. The van der Waals surface area contributed by atoms with Crippen molar-refractivity contribution in [3.63, 3.8) is 0 Å². The van der Waals surface area contributed by atoms with Gasteiger partial charge in [-0.25, -0.2) is 0 Å². The number of nitrogens with zero attached hydrogens (tertiary/aromatic N) is 1. The Kier molecular flexibility index (Phi) is 4.26. The number of fused-ring (bicyclic) bond motifs is 12. The van der Waals surface area contributed by atoms with Crippen LogP contribution >= 0.6 is 11.8 Å². The summed E-state index contributed by atoms with van der Waals surface area (Å²) in [5, 5.41) is 0. The third-order valence-corrected chi connectivity index (χ3v) is 9.79. The first-order chi connectivity index (χ1) is 19.4. The summed E-state index contributed by atoms with van der Waals surface area (Å²) in [6.07, 6.45) is 0. The van der Waals surface area contributed by atoms with E-state index in [2.05, 4.69) is 144 Å². The van der Waals surface area contributed by atoms with Gasteiger partial charge in [-0.3, -0.25) is 0 Å². The smallest absolute Gasteiger partial charge is 0.0746 e. The van der Waals surface area contributed by atoms with E-state index in [9.17, 15) is 0 Å². The first-order valence-electron chi connectivity index (χ1n) is 13.5. The van der Waals surface area contributed by atoms with Crippen molar-refractivity contribution in [2.75, 3.05) is 4.90 Å². The molecule has 2 aliphatic carbocycles. The Morgan fingerprint density at radius 2 is 0.795 bits per heavy atom. The summed E-state index contributed by atoms with van der Waals surface area (Å²) < 4.78 is 0. The summed E-state index contributed by atoms with van der Waals surface area (Å²) in [7, 11) is 0. The molecule has 6 aromatic rings. The number of rotatable bonds is 1.